The predicted octanol–water partition coefficient (Wildman–Crippen LogP) is 12.6. The summed E-state index contributed by atoms with van der Waals surface area (Å²) in [6, 6.07) is 0. The fourth-order valence-corrected chi connectivity index (χ4v) is 7.35. The number of phosphoric ester groups is 1. The van der Waals surface area contributed by atoms with Crippen molar-refractivity contribution in [1.29, 1.82) is 0 Å². The van der Waals surface area contributed by atoms with Crippen molar-refractivity contribution < 1.29 is 18.5 Å². The summed E-state index contributed by atoms with van der Waals surface area (Å²) in [7, 11) is -4.09. The standard InChI is InChI=1S/C34H71O4P/c1-7-13-16-17-18-19-20-21-22-23-24-25-26-29-34(38-39(35,36)37-12-6,30-32(10-4)27-14-8-2)31-33(11-5)28-15-9-3/h32-33H,7-31H2,1-6H3,(H,35,36). The van der Waals surface area contributed by atoms with Gasteiger partial charge in [0.05, 0.1) is 12.2 Å². The highest BCUT2D eigenvalue weighted by molar-refractivity contribution is 7.47. The van der Waals surface area contributed by atoms with Crippen LogP contribution in [0, 0.1) is 11.8 Å². The first-order valence-corrected chi connectivity index (χ1v) is 19.0. The molecule has 1 N–H and O–H groups in total. The van der Waals surface area contributed by atoms with Crippen LogP contribution in [0.3, 0.4) is 0 Å². The normalized spacial score (nSPS) is 16.6. The lowest BCUT2D eigenvalue weighted by Crippen LogP contribution is -2.37. The Morgan fingerprint density at radius 1 is 0.590 bits per heavy atom. The Hall–Kier alpha value is 0.110. The van der Waals surface area contributed by atoms with Gasteiger partial charge in [-0.3, -0.25) is 9.05 Å². The quantitative estimate of drug-likeness (QED) is 0.0684. The summed E-state index contributed by atoms with van der Waals surface area (Å²) in [4.78, 5) is 10.7. The summed E-state index contributed by atoms with van der Waals surface area (Å²) in [5.41, 5.74) is -0.569. The molecule has 3 unspecified atom stereocenters. The van der Waals surface area contributed by atoms with Gasteiger partial charge in [-0.05, 0) is 38.0 Å². The molecule has 0 aliphatic heterocycles. The summed E-state index contributed by atoms with van der Waals surface area (Å²) in [6.45, 7) is 13.3. The Morgan fingerprint density at radius 2 is 0.974 bits per heavy atom. The molecular formula is C34H71O4P. The molecule has 0 saturated carbocycles. The summed E-state index contributed by atoms with van der Waals surface area (Å²) in [5, 5.41) is 0. The fourth-order valence-electron chi connectivity index (χ4n) is 6.25. The van der Waals surface area contributed by atoms with E-state index >= 15 is 0 Å². The molecule has 0 radical (unpaired) electrons. The van der Waals surface area contributed by atoms with E-state index in [0.29, 0.717) is 11.8 Å². The molecule has 0 aromatic carbocycles. The second-order valence-electron chi connectivity index (χ2n) is 12.4. The number of hydrogen-bond acceptors (Lipinski definition) is 3. The first kappa shape index (κ1) is 39.1. The van der Waals surface area contributed by atoms with Gasteiger partial charge in [-0.25, -0.2) is 4.57 Å². The SMILES string of the molecule is CCCCCCCCCCCCCCCC(CC(CC)CCCC)(CC(CC)CCCC)OP(=O)(O)OCC. The van der Waals surface area contributed by atoms with Crippen LogP contribution in [0.15, 0.2) is 0 Å². The van der Waals surface area contributed by atoms with Gasteiger partial charge in [0.1, 0.15) is 0 Å². The van der Waals surface area contributed by atoms with E-state index in [9.17, 15) is 9.46 Å². The van der Waals surface area contributed by atoms with Gasteiger partial charge >= 0.3 is 7.82 Å². The number of hydrogen-bond donors (Lipinski definition) is 1. The van der Waals surface area contributed by atoms with Crippen molar-refractivity contribution in [2.75, 3.05) is 6.61 Å². The van der Waals surface area contributed by atoms with Gasteiger partial charge in [-0.15, -0.1) is 0 Å². The van der Waals surface area contributed by atoms with E-state index in [0.717, 1.165) is 38.5 Å². The maximum Gasteiger partial charge on any atom is 0.472 e. The molecule has 0 aromatic heterocycles. The molecule has 0 bridgehead atoms. The minimum absolute atomic E-state index is 0.197. The zero-order valence-electron chi connectivity index (χ0n) is 27.5. The van der Waals surface area contributed by atoms with E-state index in [1.54, 1.807) is 6.92 Å². The summed E-state index contributed by atoms with van der Waals surface area (Å²) in [5.74, 6) is 1.05. The topological polar surface area (TPSA) is 55.8 Å². The van der Waals surface area contributed by atoms with Crippen LogP contribution in [-0.4, -0.2) is 17.1 Å². The monoisotopic (exact) mass is 575 g/mol. The van der Waals surface area contributed by atoms with Crippen molar-refractivity contribution in [2.24, 2.45) is 11.8 Å². The molecule has 0 fully saturated rings. The molecule has 5 heteroatoms. The van der Waals surface area contributed by atoms with E-state index in [4.69, 9.17) is 9.05 Å². The first-order valence-electron chi connectivity index (χ1n) is 17.5. The van der Waals surface area contributed by atoms with E-state index in [-0.39, 0.29) is 6.61 Å². The maximum atomic E-state index is 13.0. The van der Waals surface area contributed by atoms with Crippen molar-refractivity contribution in [3.63, 3.8) is 0 Å². The van der Waals surface area contributed by atoms with Crippen LogP contribution in [0.25, 0.3) is 0 Å². The van der Waals surface area contributed by atoms with Crippen LogP contribution in [0.2, 0.25) is 0 Å². The minimum atomic E-state index is -4.09. The maximum absolute atomic E-state index is 13.0. The zero-order chi connectivity index (χ0) is 29.2. The Labute approximate surface area is 245 Å². The van der Waals surface area contributed by atoms with Crippen molar-refractivity contribution in [1.82, 2.24) is 0 Å². The van der Waals surface area contributed by atoms with E-state index < -0.39 is 13.4 Å². The van der Waals surface area contributed by atoms with Gasteiger partial charge < -0.3 is 4.89 Å². The van der Waals surface area contributed by atoms with Gasteiger partial charge in [0.25, 0.3) is 0 Å². The second kappa shape index (κ2) is 25.8. The molecular weight excluding hydrogens is 503 g/mol. The average molecular weight is 575 g/mol. The van der Waals surface area contributed by atoms with Crippen LogP contribution in [0.1, 0.15) is 196 Å². The molecule has 0 heterocycles. The third kappa shape index (κ3) is 21.5. The zero-order valence-corrected chi connectivity index (χ0v) is 28.3. The highest BCUT2D eigenvalue weighted by atomic mass is 31.2. The molecule has 0 aliphatic carbocycles. The van der Waals surface area contributed by atoms with Crippen LogP contribution >= 0.6 is 7.82 Å². The van der Waals surface area contributed by atoms with Gasteiger partial charge in [0, 0.05) is 0 Å². The molecule has 39 heavy (non-hydrogen) atoms. The van der Waals surface area contributed by atoms with Crippen LogP contribution < -0.4 is 0 Å². The lowest BCUT2D eigenvalue weighted by molar-refractivity contribution is -0.0251. The fraction of sp³-hybridized carbons (Fsp3) is 1.00. The molecule has 3 atom stereocenters. The number of rotatable bonds is 30. The molecule has 0 aliphatic rings. The van der Waals surface area contributed by atoms with Crippen LogP contribution in [-0.2, 0) is 13.6 Å². The average Bonchev–Trinajstić information content (AvgIpc) is 2.91. The van der Waals surface area contributed by atoms with Gasteiger partial charge in [0.15, 0.2) is 0 Å². The first-order chi connectivity index (χ1) is 18.8. The lowest BCUT2D eigenvalue weighted by Gasteiger charge is -2.40. The molecule has 0 rings (SSSR count). The van der Waals surface area contributed by atoms with Crippen molar-refractivity contribution >= 4 is 7.82 Å². The third-order valence-corrected chi connectivity index (χ3v) is 9.95. The molecule has 0 aromatic rings. The largest absolute Gasteiger partial charge is 0.472 e. The lowest BCUT2D eigenvalue weighted by atomic mass is 9.76. The molecule has 0 saturated heterocycles. The number of unbranched alkanes of at least 4 members (excludes halogenated alkanes) is 14. The van der Waals surface area contributed by atoms with Crippen molar-refractivity contribution in [3.8, 4) is 0 Å². The van der Waals surface area contributed by atoms with E-state index in [1.165, 1.54) is 116 Å². The number of phosphoric acid groups is 1. The third-order valence-electron chi connectivity index (χ3n) is 8.75. The Bertz CT molecular complexity index is 549. The summed E-state index contributed by atoms with van der Waals surface area (Å²) >= 11 is 0. The molecule has 4 nitrogen and oxygen atoms in total. The summed E-state index contributed by atoms with van der Waals surface area (Å²) < 4.78 is 24.6. The smallest absolute Gasteiger partial charge is 0.302 e. The highest BCUT2D eigenvalue weighted by Crippen LogP contribution is 2.53. The molecule has 0 amide bonds. The minimum Gasteiger partial charge on any atom is -0.302 e. The van der Waals surface area contributed by atoms with Crippen LogP contribution in [0.4, 0.5) is 0 Å². The van der Waals surface area contributed by atoms with E-state index in [2.05, 4.69) is 34.6 Å². The molecule has 236 valence electrons. The second-order valence-corrected chi connectivity index (χ2v) is 13.8. The Balaban J connectivity index is 5.14. The van der Waals surface area contributed by atoms with Gasteiger partial charge in [-0.1, -0.05) is 169 Å². The van der Waals surface area contributed by atoms with Crippen molar-refractivity contribution in [3.05, 3.63) is 0 Å². The van der Waals surface area contributed by atoms with Gasteiger partial charge in [-0.2, -0.15) is 0 Å². The Kier molecular flexibility index (Phi) is 25.9. The predicted molar refractivity (Wildman–Crippen MR) is 171 cm³/mol. The Morgan fingerprint density at radius 3 is 1.33 bits per heavy atom. The van der Waals surface area contributed by atoms with Gasteiger partial charge in [0.2, 0.25) is 0 Å². The van der Waals surface area contributed by atoms with Crippen LogP contribution in [0.5, 0.6) is 0 Å². The highest BCUT2D eigenvalue weighted by Gasteiger charge is 2.41. The molecule has 0 spiro atoms. The van der Waals surface area contributed by atoms with Crippen molar-refractivity contribution in [2.45, 2.75) is 201 Å². The van der Waals surface area contributed by atoms with E-state index in [1.807, 2.05) is 0 Å². The summed E-state index contributed by atoms with van der Waals surface area (Å²) in [6.07, 6.45) is 29.2.